The molecule has 0 amide bonds. The summed E-state index contributed by atoms with van der Waals surface area (Å²) in [6.45, 7) is 0. The molecule has 19 heavy (non-hydrogen) atoms. The lowest BCUT2D eigenvalue weighted by atomic mass is 10.3. The number of benzene rings is 1. The summed E-state index contributed by atoms with van der Waals surface area (Å²) >= 11 is 1.62. The second-order valence-corrected chi connectivity index (χ2v) is 4.82. The number of nitrogens with zero attached hydrogens (tertiary/aromatic N) is 1. The zero-order valence-corrected chi connectivity index (χ0v) is 11.6. The van der Waals surface area contributed by atoms with Crippen molar-refractivity contribution in [3.8, 4) is 17.2 Å². The van der Waals surface area contributed by atoms with Gasteiger partial charge in [0.15, 0.2) is 11.5 Å². The highest BCUT2D eigenvalue weighted by atomic mass is 32.2. The molecule has 100 valence electrons. The number of phenolic OH excluding ortho intramolecular Hbond substituents is 1. The van der Waals surface area contributed by atoms with E-state index in [1.807, 2.05) is 12.1 Å². The van der Waals surface area contributed by atoms with Gasteiger partial charge in [-0.2, -0.15) is 0 Å². The maximum Gasteiger partial charge on any atom is 0.183 e. The Morgan fingerprint density at radius 1 is 1.11 bits per heavy atom. The number of ether oxygens (including phenoxy) is 2. The van der Waals surface area contributed by atoms with E-state index < -0.39 is 0 Å². The molecule has 0 aliphatic carbocycles. The van der Waals surface area contributed by atoms with Crippen molar-refractivity contribution >= 4 is 11.8 Å². The summed E-state index contributed by atoms with van der Waals surface area (Å²) in [5.74, 6) is 2.28. The number of methoxy groups -OCH3 is 2. The first-order chi connectivity index (χ1) is 9.24. The summed E-state index contributed by atoms with van der Waals surface area (Å²) in [6, 6.07) is 8.84. The Labute approximate surface area is 116 Å². The molecule has 5 heteroatoms. The van der Waals surface area contributed by atoms with Gasteiger partial charge in [0.05, 0.1) is 19.9 Å². The number of pyridine rings is 1. The number of aromatic hydroxyl groups is 1. The first kappa shape index (κ1) is 13.5. The zero-order valence-electron chi connectivity index (χ0n) is 10.8. The maximum atomic E-state index is 9.23. The van der Waals surface area contributed by atoms with Crippen LogP contribution < -0.4 is 9.47 Å². The second kappa shape index (κ2) is 6.33. The lowest BCUT2D eigenvalue weighted by Crippen LogP contribution is -1.97. The fraction of sp³-hybridized carbons (Fsp3) is 0.214. The summed E-state index contributed by atoms with van der Waals surface area (Å²) in [7, 11) is 3.21. The van der Waals surface area contributed by atoms with E-state index in [0.717, 1.165) is 10.6 Å². The van der Waals surface area contributed by atoms with E-state index in [1.54, 1.807) is 50.4 Å². The van der Waals surface area contributed by atoms with Gasteiger partial charge in [-0.15, -0.1) is 11.8 Å². The Morgan fingerprint density at radius 3 is 2.47 bits per heavy atom. The van der Waals surface area contributed by atoms with E-state index in [-0.39, 0.29) is 5.75 Å². The minimum Gasteiger partial charge on any atom is -0.508 e. The third-order valence-electron chi connectivity index (χ3n) is 2.58. The highest BCUT2D eigenvalue weighted by Gasteiger charge is 2.11. The fourth-order valence-corrected chi connectivity index (χ4v) is 2.49. The average molecular weight is 277 g/mol. The van der Waals surface area contributed by atoms with Crippen LogP contribution in [0, 0.1) is 0 Å². The molecule has 0 spiro atoms. The van der Waals surface area contributed by atoms with Crippen LogP contribution in [0.15, 0.2) is 41.4 Å². The van der Waals surface area contributed by atoms with Gasteiger partial charge < -0.3 is 14.6 Å². The number of hydrogen-bond acceptors (Lipinski definition) is 5. The molecule has 0 saturated carbocycles. The van der Waals surface area contributed by atoms with Gasteiger partial charge in [0, 0.05) is 22.9 Å². The Bertz CT molecular complexity index is 543. The smallest absolute Gasteiger partial charge is 0.183 e. The Hall–Kier alpha value is -1.88. The van der Waals surface area contributed by atoms with E-state index in [1.165, 1.54) is 0 Å². The van der Waals surface area contributed by atoms with Crippen LogP contribution >= 0.6 is 11.8 Å². The molecular formula is C14H15NO3S. The molecule has 0 bridgehead atoms. The van der Waals surface area contributed by atoms with Crippen molar-refractivity contribution in [3.63, 3.8) is 0 Å². The molecule has 1 N–H and O–H groups in total. The van der Waals surface area contributed by atoms with Gasteiger partial charge >= 0.3 is 0 Å². The van der Waals surface area contributed by atoms with Crippen molar-refractivity contribution in [1.82, 2.24) is 4.98 Å². The van der Waals surface area contributed by atoms with Crippen molar-refractivity contribution in [1.29, 1.82) is 0 Å². The summed E-state index contributed by atoms with van der Waals surface area (Å²) in [5.41, 5.74) is 0.833. The van der Waals surface area contributed by atoms with Gasteiger partial charge in [-0.3, -0.25) is 4.98 Å². The standard InChI is InChI=1S/C14H15NO3S/c1-17-13-7-8-15-12(14(13)18-2)9-19-11-5-3-10(16)4-6-11/h3-8,16H,9H2,1-2H3. The number of rotatable bonds is 5. The third kappa shape index (κ3) is 3.32. The van der Waals surface area contributed by atoms with Gasteiger partial charge in [0.25, 0.3) is 0 Å². The second-order valence-electron chi connectivity index (χ2n) is 3.78. The fourth-order valence-electron chi connectivity index (χ4n) is 1.65. The molecule has 0 saturated heterocycles. The largest absolute Gasteiger partial charge is 0.508 e. The van der Waals surface area contributed by atoms with E-state index in [9.17, 15) is 5.11 Å². The highest BCUT2D eigenvalue weighted by molar-refractivity contribution is 7.98. The van der Waals surface area contributed by atoms with Gasteiger partial charge in [0.1, 0.15) is 5.75 Å². The van der Waals surface area contributed by atoms with Crippen LogP contribution in [0.5, 0.6) is 17.2 Å². The Balaban J connectivity index is 2.13. The summed E-state index contributed by atoms with van der Waals surface area (Å²) < 4.78 is 10.6. The molecule has 1 aromatic carbocycles. The minimum atomic E-state index is 0.265. The topological polar surface area (TPSA) is 51.6 Å². The predicted molar refractivity (Wildman–Crippen MR) is 75.0 cm³/mol. The van der Waals surface area contributed by atoms with E-state index in [4.69, 9.17) is 9.47 Å². The molecule has 1 aromatic heterocycles. The lowest BCUT2D eigenvalue weighted by Gasteiger charge is -2.11. The summed E-state index contributed by atoms with van der Waals surface area (Å²) in [4.78, 5) is 5.38. The van der Waals surface area contributed by atoms with Crippen molar-refractivity contribution < 1.29 is 14.6 Å². The van der Waals surface area contributed by atoms with Crippen molar-refractivity contribution in [2.45, 2.75) is 10.6 Å². The van der Waals surface area contributed by atoms with Gasteiger partial charge in [-0.05, 0) is 24.3 Å². The quantitative estimate of drug-likeness (QED) is 0.851. The number of phenols is 1. The maximum absolute atomic E-state index is 9.23. The van der Waals surface area contributed by atoms with Crippen LogP contribution in [0.2, 0.25) is 0 Å². The van der Waals surface area contributed by atoms with Crippen molar-refractivity contribution in [3.05, 3.63) is 42.2 Å². The molecule has 4 nitrogen and oxygen atoms in total. The first-order valence-corrected chi connectivity index (χ1v) is 6.71. The molecule has 0 aliphatic rings. The third-order valence-corrected chi connectivity index (χ3v) is 3.60. The molecule has 0 atom stereocenters. The first-order valence-electron chi connectivity index (χ1n) is 5.72. The Morgan fingerprint density at radius 2 is 1.84 bits per heavy atom. The average Bonchev–Trinajstić information content (AvgIpc) is 2.46. The monoisotopic (exact) mass is 277 g/mol. The normalized spacial score (nSPS) is 10.2. The number of hydrogen-bond donors (Lipinski definition) is 1. The van der Waals surface area contributed by atoms with Crippen LogP contribution in [-0.4, -0.2) is 24.3 Å². The number of aromatic nitrogens is 1. The van der Waals surface area contributed by atoms with Gasteiger partial charge in [0.2, 0.25) is 0 Å². The summed E-state index contributed by atoms with van der Waals surface area (Å²) in [6.07, 6.45) is 1.70. The number of thioether (sulfide) groups is 1. The highest BCUT2D eigenvalue weighted by Crippen LogP contribution is 2.33. The lowest BCUT2D eigenvalue weighted by molar-refractivity contribution is 0.350. The van der Waals surface area contributed by atoms with Crippen LogP contribution in [0.3, 0.4) is 0 Å². The van der Waals surface area contributed by atoms with E-state index in [2.05, 4.69) is 4.98 Å². The molecule has 1 heterocycles. The van der Waals surface area contributed by atoms with Crippen LogP contribution in [0.4, 0.5) is 0 Å². The van der Waals surface area contributed by atoms with E-state index >= 15 is 0 Å². The Kier molecular flexibility index (Phi) is 4.52. The molecule has 0 unspecified atom stereocenters. The van der Waals surface area contributed by atoms with Crippen LogP contribution in [0.25, 0.3) is 0 Å². The summed E-state index contributed by atoms with van der Waals surface area (Å²) in [5, 5.41) is 9.23. The predicted octanol–water partition coefficient (Wildman–Crippen LogP) is 3.10. The molecule has 0 radical (unpaired) electrons. The molecule has 2 rings (SSSR count). The SMILES string of the molecule is COc1ccnc(CSc2ccc(O)cc2)c1OC. The minimum absolute atomic E-state index is 0.265. The molecule has 2 aromatic rings. The van der Waals surface area contributed by atoms with E-state index in [0.29, 0.717) is 17.3 Å². The van der Waals surface area contributed by atoms with Crippen LogP contribution in [0.1, 0.15) is 5.69 Å². The van der Waals surface area contributed by atoms with Crippen molar-refractivity contribution in [2.24, 2.45) is 0 Å². The molecular weight excluding hydrogens is 262 g/mol. The van der Waals surface area contributed by atoms with Gasteiger partial charge in [-0.1, -0.05) is 0 Å². The van der Waals surface area contributed by atoms with Gasteiger partial charge in [-0.25, -0.2) is 0 Å². The molecule has 0 fully saturated rings. The zero-order chi connectivity index (χ0) is 13.7. The molecule has 0 aliphatic heterocycles. The van der Waals surface area contributed by atoms with Crippen LogP contribution in [-0.2, 0) is 5.75 Å². The van der Waals surface area contributed by atoms with Crippen molar-refractivity contribution in [2.75, 3.05) is 14.2 Å².